The number of carbonyl (C=O) groups excluding carboxylic acids is 1. The molecule has 0 bridgehead atoms. The lowest BCUT2D eigenvalue weighted by Gasteiger charge is -2.23. The number of carbonyl (C=O) groups is 1. The van der Waals surface area contributed by atoms with Crippen LogP contribution in [-0.2, 0) is 9.53 Å². The van der Waals surface area contributed by atoms with Crippen molar-refractivity contribution >= 4 is 29.2 Å². The highest BCUT2D eigenvalue weighted by atomic mass is 35.5. The molecule has 0 aliphatic heterocycles. The van der Waals surface area contributed by atoms with Crippen LogP contribution in [0.25, 0.3) is 0 Å². The Hall–Kier alpha value is -0.230. The Labute approximate surface area is 93.5 Å². The lowest BCUT2D eigenvalue weighted by molar-refractivity contribution is -0.155. The van der Waals surface area contributed by atoms with Gasteiger partial charge < -0.3 is 4.74 Å². The summed E-state index contributed by atoms with van der Waals surface area (Å²) < 4.78 is 53.8. The number of alkyl halides is 6. The molecular formula is C7H8Cl2F4O2. The predicted molar refractivity (Wildman–Crippen MR) is 46.6 cm³/mol. The van der Waals surface area contributed by atoms with Gasteiger partial charge in [0.2, 0.25) is 5.63 Å². The fraction of sp³-hybridized carbons (Fsp3) is 0.857. The van der Waals surface area contributed by atoms with Gasteiger partial charge in [0, 0.05) is 0 Å². The Kier molecular flexibility index (Phi) is 5.66. The second-order valence-corrected chi connectivity index (χ2v) is 3.57. The van der Waals surface area contributed by atoms with Gasteiger partial charge in [0.05, 0.1) is 12.5 Å². The van der Waals surface area contributed by atoms with E-state index in [9.17, 15) is 22.4 Å². The molecule has 0 aromatic heterocycles. The first kappa shape index (κ1) is 14.8. The Morgan fingerprint density at radius 2 is 1.87 bits per heavy atom. The molecule has 0 amide bonds. The third-order valence-corrected chi connectivity index (χ3v) is 2.07. The van der Waals surface area contributed by atoms with E-state index in [2.05, 4.69) is 27.9 Å². The molecule has 0 aliphatic rings. The molecule has 90 valence electrons. The van der Waals surface area contributed by atoms with Gasteiger partial charge in [-0.25, -0.2) is 22.4 Å². The minimum atomic E-state index is -3.86. The lowest BCUT2D eigenvalue weighted by atomic mass is 10.1. The molecule has 2 nitrogen and oxygen atoms in total. The van der Waals surface area contributed by atoms with Gasteiger partial charge in [0.25, 0.3) is 11.6 Å². The summed E-state index contributed by atoms with van der Waals surface area (Å²) in [5.74, 6) is -7.03. The van der Waals surface area contributed by atoms with Crippen LogP contribution in [0.5, 0.6) is 0 Å². The second-order valence-electron chi connectivity index (χ2n) is 2.81. The van der Waals surface area contributed by atoms with Gasteiger partial charge in [-0.15, -0.1) is 0 Å². The van der Waals surface area contributed by atoms with Gasteiger partial charge in [0.15, 0.2) is 0 Å². The van der Waals surface area contributed by atoms with Crippen LogP contribution >= 0.6 is 23.2 Å². The predicted octanol–water partition coefficient (Wildman–Crippen LogP) is 2.87. The Bertz CT molecular complexity index is 223. The fourth-order valence-corrected chi connectivity index (χ4v) is 0.874. The van der Waals surface area contributed by atoms with Gasteiger partial charge in [-0.05, 0) is 0 Å². The highest BCUT2D eigenvalue weighted by Gasteiger charge is 2.45. The molecule has 15 heavy (non-hydrogen) atoms. The van der Waals surface area contributed by atoms with Crippen LogP contribution in [-0.4, -0.2) is 29.8 Å². The molecule has 0 fully saturated rings. The molecule has 0 spiro atoms. The molecule has 3 unspecified atom stereocenters. The van der Waals surface area contributed by atoms with Crippen LogP contribution in [0.1, 0.15) is 6.92 Å². The maximum absolute atomic E-state index is 12.8. The van der Waals surface area contributed by atoms with Gasteiger partial charge >= 0.3 is 5.97 Å². The first-order chi connectivity index (χ1) is 6.69. The van der Waals surface area contributed by atoms with Crippen LogP contribution in [0.2, 0.25) is 0 Å². The third-order valence-electron chi connectivity index (χ3n) is 1.60. The van der Waals surface area contributed by atoms with Crippen molar-refractivity contribution in [3.63, 3.8) is 0 Å². The molecular weight excluding hydrogens is 263 g/mol. The first-order valence-corrected chi connectivity index (χ1v) is 4.67. The zero-order valence-electron chi connectivity index (χ0n) is 7.52. The van der Waals surface area contributed by atoms with E-state index in [1.807, 2.05) is 0 Å². The monoisotopic (exact) mass is 270 g/mol. The van der Waals surface area contributed by atoms with Crippen molar-refractivity contribution in [1.29, 1.82) is 0 Å². The van der Waals surface area contributed by atoms with Crippen molar-refractivity contribution in [1.82, 2.24) is 0 Å². The average molecular weight is 271 g/mol. The summed E-state index contributed by atoms with van der Waals surface area (Å²) in [6.07, 6.45) is 0. The van der Waals surface area contributed by atoms with Crippen LogP contribution < -0.4 is 0 Å². The molecule has 0 heterocycles. The molecule has 0 aromatic carbocycles. The molecule has 0 saturated heterocycles. The summed E-state index contributed by atoms with van der Waals surface area (Å²) in [5.41, 5.74) is -5.33. The molecule has 0 rings (SSSR count). The van der Waals surface area contributed by atoms with E-state index < -0.39 is 35.7 Å². The Balaban J connectivity index is 4.15. The highest BCUT2D eigenvalue weighted by Crippen LogP contribution is 2.32. The molecule has 0 aromatic rings. The quantitative estimate of drug-likeness (QED) is 0.436. The number of esters is 1. The maximum atomic E-state index is 12.8. The zero-order valence-corrected chi connectivity index (χ0v) is 9.04. The smallest absolute Gasteiger partial charge is 0.356 e. The minimum Gasteiger partial charge on any atom is -0.462 e. The number of halogens is 6. The van der Waals surface area contributed by atoms with E-state index in [0.29, 0.717) is 0 Å². The van der Waals surface area contributed by atoms with Crippen molar-refractivity contribution in [2.75, 3.05) is 6.61 Å². The van der Waals surface area contributed by atoms with Gasteiger partial charge in [-0.3, -0.25) is 0 Å². The van der Waals surface area contributed by atoms with Gasteiger partial charge in [0.1, 0.15) is 0 Å². The summed E-state index contributed by atoms with van der Waals surface area (Å²) in [5, 5.41) is 0. The van der Waals surface area contributed by atoms with Crippen LogP contribution in [0.15, 0.2) is 0 Å². The summed E-state index contributed by atoms with van der Waals surface area (Å²) in [7, 11) is 0. The van der Waals surface area contributed by atoms with E-state index >= 15 is 0 Å². The lowest BCUT2D eigenvalue weighted by Crippen LogP contribution is -2.37. The number of ether oxygens (including phenoxy) is 1. The van der Waals surface area contributed by atoms with Gasteiger partial charge in [-0.1, -0.05) is 30.1 Å². The normalized spacial score (nSPS) is 18.1. The van der Waals surface area contributed by atoms with Crippen molar-refractivity contribution in [3.05, 3.63) is 0 Å². The molecule has 0 aliphatic carbocycles. The van der Waals surface area contributed by atoms with Crippen molar-refractivity contribution in [2.45, 2.75) is 24.1 Å². The number of hydrogen-bond acceptors (Lipinski definition) is 2. The Morgan fingerprint density at radius 3 is 2.20 bits per heavy atom. The summed E-state index contributed by atoms with van der Waals surface area (Å²) in [6.45, 7) is 0.0375. The number of hydrogen-bond donors (Lipinski definition) is 0. The second kappa shape index (κ2) is 5.75. The van der Waals surface area contributed by atoms with Crippen molar-refractivity contribution in [2.24, 2.45) is 5.92 Å². The summed E-state index contributed by atoms with van der Waals surface area (Å²) >= 11 is 9.24. The molecule has 0 N–H and O–H groups in total. The molecule has 0 saturated carbocycles. The Morgan fingerprint density at radius 1 is 1.40 bits per heavy atom. The largest absolute Gasteiger partial charge is 0.462 e. The van der Waals surface area contributed by atoms with Crippen LogP contribution in [0.3, 0.4) is 0 Å². The summed E-state index contributed by atoms with van der Waals surface area (Å²) in [4.78, 5) is 10.4. The number of rotatable bonds is 5. The van der Waals surface area contributed by atoms with E-state index in [1.54, 1.807) is 0 Å². The first-order valence-electron chi connectivity index (χ1n) is 3.80. The minimum absolute atomic E-state index is 0.869. The molecule has 3 atom stereocenters. The van der Waals surface area contributed by atoms with Crippen LogP contribution in [0.4, 0.5) is 17.6 Å². The highest BCUT2D eigenvalue weighted by molar-refractivity contribution is 6.28. The van der Waals surface area contributed by atoms with E-state index in [4.69, 9.17) is 0 Å². The van der Waals surface area contributed by atoms with Crippen molar-refractivity contribution in [3.8, 4) is 0 Å². The summed E-state index contributed by atoms with van der Waals surface area (Å²) in [6, 6.07) is 0. The van der Waals surface area contributed by atoms with Gasteiger partial charge in [-0.2, -0.15) is 0 Å². The SMILES string of the molecule is CC(COC(=O)C(F)Cl)C(F)(F)C(F)Cl. The molecule has 8 heteroatoms. The topological polar surface area (TPSA) is 26.3 Å². The zero-order chi connectivity index (χ0) is 12.2. The maximum Gasteiger partial charge on any atom is 0.356 e. The third kappa shape index (κ3) is 4.42. The van der Waals surface area contributed by atoms with E-state index in [1.165, 1.54) is 0 Å². The average Bonchev–Trinajstić information content (AvgIpc) is 2.12. The molecule has 0 radical (unpaired) electrons. The van der Waals surface area contributed by atoms with E-state index in [-0.39, 0.29) is 0 Å². The fourth-order valence-electron chi connectivity index (χ4n) is 0.596. The van der Waals surface area contributed by atoms with Crippen LogP contribution in [0, 0.1) is 5.92 Å². The van der Waals surface area contributed by atoms with Crippen molar-refractivity contribution < 1.29 is 27.1 Å². The standard InChI is InChI=1S/C7H8Cl2F4O2/c1-3(7(12,13)6(9)11)2-15-5(14)4(8)10/h3-4,6H,2H2,1H3. The van der Waals surface area contributed by atoms with E-state index in [0.717, 1.165) is 6.92 Å².